The monoisotopic (exact) mass is 217 g/mol. The topological polar surface area (TPSA) is 20.3 Å². The van der Waals surface area contributed by atoms with E-state index in [0.29, 0.717) is 11.8 Å². The molecule has 0 bridgehead atoms. The van der Waals surface area contributed by atoms with E-state index in [1.54, 1.807) is 0 Å². The molecule has 2 rings (SSSR count). The molecule has 0 aliphatic heterocycles. The molecule has 1 saturated carbocycles. The molecule has 0 aromatic heterocycles. The molecule has 0 amide bonds. The molecule has 2 nitrogen and oxygen atoms in total. The van der Waals surface area contributed by atoms with Gasteiger partial charge in [-0.05, 0) is 38.0 Å². The number of carbonyl (C=O) groups excluding carboxylic acids is 1. The summed E-state index contributed by atoms with van der Waals surface area (Å²) in [6.07, 6.45) is 2.50. The van der Waals surface area contributed by atoms with Crippen LogP contribution in [-0.4, -0.2) is 18.4 Å². The zero-order valence-corrected chi connectivity index (χ0v) is 10.1. The summed E-state index contributed by atoms with van der Waals surface area (Å²) in [5.74, 6) is 0.413. The van der Waals surface area contributed by atoms with Crippen molar-refractivity contribution < 1.29 is 4.79 Å². The molecule has 1 aromatic rings. The third kappa shape index (κ3) is 2.26. The minimum Gasteiger partial charge on any atom is -0.368 e. The van der Waals surface area contributed by atoms with Gasteiger partial charge in [0.2, 0.25) is 0 Å². The molecule has 0 saturated heterocycles. The molecule has 86 valence electrons. The van der Waals surface area contributed by atoms with Crippen LogP contribution in [0.2, 0.25) is 0 Å². The summed E-state index contributed by atoms with van der Waals surface area (Å²) in [5.41, 5.74) is 2.53. The van der Waals surface area contributed by atoms with Crippen LogP contribution >= 0.6 is 0 Å². The number of ketones is 1. The van der Waals surface area contributed by atoms with E-state index in [-0.39, 0.29) is 0 Å². The molecule has 0 heterocycles. The van der Waals surface area contributed by atoms with Gasteiger partial charge in [0.25, 0.3) is 0 Å². The van der Waals surface area contributed by atoms with Crippen LogP contribution in [-0.2, 0) is 4.79 Å². The number of rotatable bonds is 3. The number of anilines is 1. The van der Waals surface area contributed by atoms with Gasteiger partial charge in [-0.15, -0.1) is 0 Å². The summed E-state index contributed by atoms with van der Waals surface area (Å²) in [4.78, 5) is 13.7. The van der Waals surface area contributed by atoms with Gasteiger partial charge in [0, 0.05) is 31.1 Å². The first-order chi connectivity index (χ1) is 7.70. The molecule has 16 heavy (non-hydrogen) atoms. The van der Waals surface area contributed by atoms with E-state index in [1.807, 2.05) is 0 Å². The van der Waals surface area contributed by atoms with Gasteiger partial charge in [0.1, 0.15) is 5.78 Å². The first-order valence-electron chi connectivity index (χ1n) is 6.05. The van der Waals surface area contributed by atoms with E-state index in [0.717, 1.165) is 25.8 Å². The highest BCUT2D eigenvalue weighted by molar-refractivity contribution is 5.82. The van der Waals surface area contributed by atoms with Crippen molar-refractivity contribution >= 4 is 11.5 Å². The molecule has 2 heteroatoms. The Balaban J connectivity index is 2.19. The van der Waals surface area contributed by atoms with Gasteiger partial charge in [-0.3, -0.25) is 4.79 Å². The second kappa shape index (κ2) is 4.69. The molecule has 1 aromatic carbocycles. The van der Waals surface area contributed by atoms with Crippen molar-refractivity contribution in [1.29, 1.82) is 0 Å². The molecule has 1 unspecified atom stereocenters. The van der Waals surface area contributed by atoms with Crippen LogP contribution in [0.25, 0.3) is 0 Å². The lowest BCUT2D eigenvalue weighted by Crippen LogP contribution is -2.33. The maximum atomic E-state index is 11.3. The Hall–Kier alpha value is -1.31. The number of aryl methyl sites for hydroxylation is 1. The average molecular weight is 217 g/mol. The van der Waals surface area contributed by atoms with Crippen molar-refractivity contribution in [2.24, 2.45) is 0 Å². The van der Waals surface area contributed by atoms with E-state index in [9.17, 15) is 4.79 Å². The zero-order chi connectivity index (χ0) is 11.5. The van der Waals surface area contributed by atoms with E-state index >= 15 is 0 Å². The highest BCUT2D eigenvalue weighted by Crippen LogP contribution is 2.26. The van der Waals surface area contributed by atoms with Crippen LogP contribution in [0.1, 0.15) is 31.7 Å². The van der Waals surface area contributed by atoms with Crippen LogP contribution in [0.3, 0.4) is 0 Å². The van der Waals surface area contributed by atoms with Crippen LogP contribution in [0.5, 0.6) is 0 Å². The fourth-order valence-electron chi connectivity index (χ4n) is 2.52. The van der Waals surface area contributed by atoms with Crippen molar-refractivity contribution in [2.45, 2.75) is 39.2 Å². The van der Waals surface area contributed by atoms with E-state index < -0.39 is 0 Å². The normalized spacial score (nSPS) is 20.1. The third-order valence-corrected chi connectivity index (χ3v) is 3.33. The minimum atomic E-state index is 0.413. The van der Waals surface area contributed by atoms with Crippen molar-refractivity contribution in [3.63, 3.8) is 0 Å². The first kappa shape index (κ1) is 11.2. The Kier molecular flexibility index (Phi) is 3.28. The average Bonchev–Trinajstić information content (AvgIpc) is 2.66. The second-order valence-corrected chi connectivity index (χ2v) is 4.56. The number of carbonyl (C=O) groups is 1. The van der Waals surface area contributed by atoms with Crippen LogP contribution < -0.4 is 4.90 Å². The van der Waals surface area contributed by atoms with Gasteiger partial charge in [-0.1, -0.05) is 12.1 Å². The van der Waals surface area contributed by atoms with Gasteiger partial charge in [-0.25, -0.2) is 0 Å². The summed E-state index contributed by atoms with van der Waals surface area (Å²) in [7, 11) is 0. The van der Waals surface area contributed by atoms with Gasteiger partial charge >= 0.3 is 0 Å². The predicted molar refractivity (Wildman–Crippen MR) is 66.8 cm³/mol. The molecule has 0 radical (unpaired) electrons. The standard InChI is InChI=1S/C14H19NO/c1-3-15(13-7-8-14(16)10-13)12-6-4-5-11(2)9-12/h4-6,9,13H,3,7-8,10H2,1-2H3. The van der Waals surface area contributed by atoms with Crippen molar-refractivity contribution in [3.8, 4) is 0 Å². The van der Waals surface area contributed by atoms with Crippen LogP contribution in [0.4, 0.5) is 5.69 Å². The largest absolute Gasteiger partial charge is 0.368 e. The second-order valence-electron chi connectivity index (χ2n) is 4.56. The lowest BCUT2D eigenvalue weighted by atomic mass is 10.1. The lowest BCUT2D eigenvalue weighted by Gasteiger charge is -2.29. The van der Waals surface area contributed by atoms with Crippen molar-refractivity contribution in [2.75, 3.05) is 11.4 Å². The summed E-state index contributed by atoms with van der Waals surface area (Å²) < 4.78 is 0. The van der Waals surface area contributed by atoms with Crippen molar-refractivity contribution in [1.82, 2.24) is 0 Å². The number of nitrogens with zero attached hydrogens (tertiary/aromatic N) is 1. The quantitative estimate of drug-likeness (QED) is 0.776. The number of Topliss-reactive ketones (excluding diaryl/α,β-unsaturated/α-hetero) is 1. The fraction of sp³-hybridized carbons (Fsp3) is 0.500. The summed E-state index contributed by atoms with van der Waals surface area (Å²) >= 11 is 0. The van der Waals surface area contributed by atoms with Crippen LogP contribution in [0, 0.1) is 6.92 Å². The number of benzene rings is 1. The molecule has 1 atom stereocenters. The Bertz CT molecular complexity index is 386. The van der Waals surface area contributed by atoms with Crippen LogP contribution in [0.15, 0.2) is 24.3 Å². The third-order valence-electron chi connectivity index (χ3n) is 3.33. The molecular formula is C14H19NO. The molecule has 0 N–H and O–H groups in total. The Morgan fingerprint density at radius 1 is 1.44 bits per heavy atom. The summed E-state index contributed by atoms with van der Waals surface area (Å²) in [6, 6.07) is 8.95. The zero-order valence-electron chi connectivity index (χ0n) is 10.1. The maximum absolute atomic E-state index is 11.3. The summed E-state index contributed by atoms with van der Waals surface area (Å²) in [5, 5.41) is 0. The molecule has 1 fully saturated rings. The van der Waals surface area contributed by atoms with E-state index in [2.05, 4.69) is 43.0 Å². The predicted octanol–water partition coefficient (Wildman–Crippen LogP) is 2.94. The van der Waals surface area contributed by atoms with Gasteiger partial charge in [0.05, 0.1) is 0 Å². The smallest absolute Gasteiger partial charge is 0.135 e. The molecule has 0 spiro atoms. The molecule has 1 aliphatic rings. The number of hydrogen-bond donors (Lipinski definition) is 0. The maximum Gasteiger partial charge on any atom is 0.135 e. The highest BCUT2D eigenvalue weighted by atomic mass is 16.1. The van der Waals surface area contributed by atoms with E-state index in [1.165, 1.54) is 11.3 Å². The minimum absolute atomic E-state index is 0.413. The Labute approximate surface area is 97.3 Å². The lowest BCUT2D eigenvalue weighted by molar-refractivity contribution is -0.117. The van der Waals surface area contributed by atoms with Gasteiger partial charge in [0.15, 0.2) is 0 Å². The fourth-order valence-corrected chi connectivity index (χ4v) is 2.52. The summed E-state index contributed by atoms with van der Waals surface area (Å²) in [6.45, 7) is 5.24. The number of hydrogen-bond acceptors (Lipinski definition) is 2. The molecular weight excluding hydrogens is 198 g/mol. The molecule has 1 aliphatic carbocycles. The van der Waals surface area contributed by atoms with Crippen molar-refractivity contribution in [3.05, 3.63) is 29.8 Å². The van der Waals surface area contributed by atoms with E-state index in [4.69, 9.17) is 0 Å². The highest BCUT2D eigenvalue weighted by Gasteiger charge is 2.26. The van der Waals surface area contributed by atoms with Gasteiger partial charge in [-0.2, -0.15) is 0 Å². The van der Waals surface area contributed by atoms with Gasteiger partial charge < -0.3 is 4.90 Å². The SMILES string of the molecule is CCN(c1cccc(C)c1)C1CCC(=O)C1. The first-order valence-corrected chi connectivity index (χ1v) is 6.05. The Morgan fingerprint density at radius 2 is 2.25 bits per heavy atom. The Morgan fingerprint density at radius 3 is 2.81 bits per heavy atom.